The van der Waals surface area contributed by atoms with E-state index in [0.717, 1.165) is 11.8 Å². The Morgan fingerprint density at radius 3 is 2.68 bits per heavy atom. The van der Waals surface area contributed by atoms with Crippen molar-refractivity contribution in [2.24, 2.45) is 0 Å². The summed E-state index contributed by atoms with van der Waals surface area (Å²) < 4.78 is 1.27. The minimum atomic E-state index is -0.470. The molecule has 0 saturated carbocycles. The third-order valence-corrected chi connectivity index (χ3v) is 4.00. The van der Waals surface area contributed by atoms with Gasteiger partial charge in [0.1, 0.15) is 5.65 Å². The standard InChI is InChI=1S/C15H10ClN3O2S/c16-11-6-7-13-17-14(18-15(21)19(13)8-11)22-9-12(20)10-4-2-1-3-5-10/h1-8H,9H2. The van der Waals surface area contributed by atoms with E-state index in [-0.39, 0.29) is 16.7 Å². The zero-order chi connectivity index (χ0) is 15.5. The van der Waals surface area contributed by atoms with Crippen LogP contribution in [-0.2, 0) is 0 Å². The van der Waals surface area contributed by atoms with Gasteiger partial charge in [0.2, 0.25) is 0 Å². The van der Waals surface area contributed by atoms with Crippen LogP contribution in [0.1, 0.15) is 10.4 Å². The van der Waals surface area contributed by atoms with E-state index in [1.165, 1.54) is 10.6 Å². The fourth-order valence-corrected chi connectivity index (χ4v) is 2.76. The van der Waals surface area contributed by atoms with E-state index in [9.17, 15) is 9.59 Å². The molecule has 0 atom stereocenters. The van der Waals surface area contributed by atoms with Crippen molar-refractivity contribution in [1.82, 2.24) is 14.4 Å². The van der Waals surface area contributed by atoms with Gasteiger partial charge in [0.05, 0.1) is 10.8 Å². The lowest BCUT2D eigenvalue weighted by molar-refractivity contribution is 0.102. The van der Waals surface area contributed by atoms with Crippen molar-refractivity contribution in [3.8, 4) is 0 Å². The number of pyridine rings is 1. The van der Waals surface area contributed by atoms with Gasteiger partial charge in [0.15, 0.2) is 10.9 Å². The number of halogens is 1. The van der Waals surface area contributed by atoms with Crippen LogP contribution < -0.4 is 5.69 Å². The largest absolute Gasteiger partial charge is 0.355 e. The van der Waals surface area contributed by atoms with Crippen molar-refractivity contribution in [2.75, 3.05) is 5.75 Å². The maximum atomic E-state index is 12.0. The number of fused-ring (bicyclic) bond motifs is 1. The molecule has 0 radical (unpaired) electrons. The maximum Gasteiger partial charge on any atom is 0.355 e. The first kappa shape index (κ1) is 14.7. The summed E-state index contributed by atoms with van der Waals surface area (Å²) in [4.78, 5) is 32.1. The molecule has 0 N–H and O–H groups in total. The monoisotopic (exact) mass is 331 g/mol. The molecular formula is C15H10ClN3O2S. The van der Waals surface area contributed by atoms with Gasteiger partial charge < -0.3 is 0 Å². The van der Waals surface area contributed by atoms with Gasteiger partial charge in [-0.15, -0.1) is 0 Å². The number of thioether (sulfide) groups is 1. The van der Waals surface area contributed by atoms with E-state index in [4.69, 9.17) is 11.6 Å². The number of hydrogen-bond donors (Lipinski definition) is 0. The van der Waals surface area contributed by atoms with Gasteiger partial charge in [-0.05, 0) is 12.1 Å². The predicted molar refractivity (Wildman–Crippen MR) is 85.8 cm³/mol. The van der Waals surface area contributed by atoms with Crippen molar-refractivity contribution in [3.05, 3.63) is 69.7 Å². The highest BCUT2D eigenvalue weighted by molar-refractivity contribution is 7.99. The van der Waals surface area contributed by atoms with Gasteiger partial charge >= 0.3 is 5.69 Å². The van der Waals surface area contributed by atoms with Crippen molar-refractivity contribution in [2.45, 2.75) is 5.16 Å². The summed E-state index contributed by atoms with van der Waals surface area (Å²) in [6.07, 6.45) is 1.46. The van der Waals surface area contributed by atoms with Crippen LogP contribution in [0.15, 0.2) is 58.6 Å². The Bertz CT molecular complexity index is 896. The van der Waals surface area contributed by atoms with Crippen LogP contribution in [-0.4, -0.2) is 25.9 Å². The summed E-state index contributed by atoms with van der Waals surface area (Å²) in [7, 11) is 0. The van der Waals surface area contributed by atoms with Crippen LogP contribution >= 0.6 is 23.4 Å². The Morgan fingerprint density at radius 2 is 1.91 bits per heavy atom. The molecule has 1 aromatic carbocycles. The molecule has 2 heterocycles. The Morgan fingerprint density at radius 1 is 1.14 bits per heavy atom. The fourth-order valence-electron chi connectivity index (χ4n) is 1.87. The number of carbonyl (C=O) groups is 1. The third kappa shape index (κ3) is 3.18. The molecule has 3 rings (SSSR count). The number of carbonyl (C=O) groups excluding carboxylic acids is 1. The molecule has 5 nitrogen and oxygen atoms in total. The summed E-state index contributed by atoms with van der Waals surface area (Å²) in [6.45, 7) is 0. The molecule has 0 saturated heterocycles. The molecule has 0 unspecified atom stereocenters. The first-order valence-corrected chi connectivity index (χ1v) is 7.77. The van der Waals surface area contributed by atoms with E-state index in [1.807, 2.05) is 6.07 Å². The number of aromatic nitrogens is 3. The Hall–Kier alpha value is -2.18. The molecule has 2 aromatic heterocycles. The van der Waals surface area contributed by atoms with Crippen LogP contribution in [0, 0.1) is 0 Å². The number of Topliss-reactive ketones (excluding diaryl/α,β-unsaturated/α-hetero) is 1. The topological polar surface area (TPSA) is 64.3 Å². The zero-order valence-electron chi connectivity index (χ0n) is 11.3. The maximum absolute atomic E-state index is 12.0. The molecule has 0 aliphatic heterocycles. The molecular weight excluding hydrogens is 322 g/mol. The van der Waals surface area contributed by atoms with Gasteiger partial charge in [-0.2, -0.15) is 4.98 Å². The van der Waals surface area contributed by atoms with Crippen LogP contribution in [0.5, 0.6) is 0 Å². The van der Waals surface area contributed by atoms with Crippen LogP contribution in [0.2, 0.25) is 5.02 Å². The second kappa shape index (κ2) is 6.29. The third-order valence-electron chi connectivity index (χ3n) is 2.93. The average molecular weight is 332 g/mol. The van der Waals surface area contributed by atoms with Crippen LogP contribution in [0.3, 0.4) is 0 Å². The van der Waals surface area contributed by atoms with Crippen molar-refractivity contribution in [1.29, 1.82) is 0 Å². The number of nitrogens with zero attached hydrogens (tertiary/aromatic N) is 3. The molecule has 3 aromatic rings. The van der Waals surface area contributed by atoms with Crippen molar-refractivity contribution >= 4 is 34.8 Å². The first-order valence-electron chi connectivity index (χ1n) is 6.40. The van der Waals surface area contributed by atoms with Gasteiger partial charge in [-0.3, -0.25) is 4.79 Å². The SMILES string of the molecule is O=C(CSc1nc(=O)n2cc(Cl)ccc2n1)c1ccccc1. The molecule has 0 aliphatic carbocycles. The molecule has 110 valence electrons. The second-order valence-corrected chi connectivity index (χ2v) is 5.82. The molecule has 0 bridgehead atoms. The summed E-state index contributed by atoms with van der Waals surface area (Å²) in [5.41, 5.74) is 0.598. The van der Waals surface area contributed by atoms with Crippen molar-refractivity contribution in [3.63, 3.8) is 0 Å². The van der Waals surface area contributed by atoms with Gasteiger partial charge in [0, 0.05) is 11.8 Å². The van der Waals surface area contributed by atoms with E-state index in [0.29, 0.717) is 16.2 Å². The summed E-state index contributed by atoms with van der Waals surface area (Å²) in [6, 6.07) is 12.2. The van der Waals surface area contributed by atoms with Gasteiger partial charge in [-0.1, -0.05) is 53.7 Å². The molecule has 0 amide bonds. The minimum absolute atomic E-state index is 0.0366. The van der Waals surface area contributed by atoms with E-state index < -0.39 is 5.69 Å². The highest BCUT2D eigenvalue weighted by atomic mass is 35.5. The normalized spacial score (nSPS) is 10.8. The average Bonchev–Trinajstić information content (AvgIpc) is 2.54. The summed E-state index contributed by atoms with van der Waals surface area (Å²) in [5, 5.41) is 0.703. The number of hydrogen-bond acceptors (Lipinski definition) is 5. The minimum Gasteiger partial charge on any atom is -0.293 e. The van der Waals surface area contributed by atoms with Crippen molar-refractivity contribution < 1.29 is 4.79 Å². The lowest BCUT2D eigenvalue weighted by atomic mass is 10.2. The second-order valence-electron chi connectivity index (χ2n) is 4.44. The van der Waals surface area contributed by atoms with E-state index in [2.05, 4.69) is 9.97 Å². The summed E-state index contributed by atoms with van der Waals surface area (Å²) in [5.74, 6) is 0.137. The zero-order valence-corrected chi connectivity index (χ0v) is 12.8. The van der Waals surface area contributed by atoms with Crippen LogP contribution in [0.4, 0.5) is 0 Å². The Balaban J connectivity index is 1.81. The fraction of sp³-hybridized carbons (Fsp3) is 0.0667. The van der Waals surface area contributed by atoms with Gasteiger partial charge in [0.25, 0.3) is 0 Å². The van der Waals surface area contributed by atoms with E-state index in [1.54, 1.807) is 36.4 Å². The highest BCUT2D eigenvalue weighted by Gasteiger charge is 2.09. The quantitative estimate of drug-likeness (QED) is 0.543. The predicted octanol–water partition coefficient (Wildman–Crippen LogP) is 2.72. The Labute approximate surface area is 135 Å². The van der Waals surface area contributed by atoms with Crippen LogP contribution in [0.25, 0.3) is 5.65 Å². The number of rotatable bonds is 4. The van der Waals surface area contributed by atoms with Gasteiger partial charge in [-0.25, -0.2) is 14.2 Å². The van der Waals surface area contributed by atoms with E-state index >= 15 is 0 Å². The lowest BCUT2D eigenvalue weighted by Gasteiger charge is -2.03. The Kier molecular flexibility index (Phi) is 4.22. The number of benzene rings is 1. The molecule has 0 aliphatic rings. The molecule has 22 heavy (non-hydrogen) atoms. The molecule has 0 spiro atoms. The first-order chi connectivity index (χ1) is 10.6. The molecule has 7 heteroatoms. The molecule has 0 fully saturated rings. The number of ketones is 1. The highest BCUT2D eigenvalue weighted by Crippen LogP contribution is 2.15. The summed E-state index contributed by atoms with van der Waals surface area (Å²) >= 11 is 6.97. The smallest absolute Gasteiger partial charge is 0.293 e. The lowest BCUT2D eigenvalue weighted by Crippen LogP contribution is -2.19.